The van der Waals surface area contributed by atoms with Gasteiger partial charge in [-0.3, -0.25) is 0 Å². The van der Waals surface area contributed by atoms with Crippen LogP contribution in [0.3, 0.4) is 0 Å². The molecule has 0 saturated heterocycles. The van der Waals surface area contributed by atoms with E-state index in [9.17, 15) is 8.42 Å². The maximum atomic E-state index is 12.1. The van der Waals surface area contributed by atoms with E-state index < -0.39 is 9.84 Å². The quantitative estimate of drug-likeness (QED) is 0.785. The molecule has 0 N–H and O–H groups in total. The predicted molar refractivity (Wildman–Crippen MR) is 70.4 cm³/mol. The van der Waals surface area contributed by atoms with Gasteiger partial charge in [-0.15, -0.1) is 0 Å². The van der Waals surface area contributed by atoms with Crippen LogP contribution in [0.15, 0.2) is 51.3 Å². The minimum absolute atomic E-state index is 0.0328. The summed E-state index contributed by atoms with van der Waals surface area (Å²) in [6.07, 6.45) is 2.94. The Kier molecular flexibility index (Phi) is 4.24. The molecule has 98 valence electrons. The lowest BCUT2D eigenvalue weighted by Crippen LogP contribution is -2.09. The first-order valence-corrected chi connectivity index (χ1v) is 8.01. The van der Waals surface area contributed by atoms with E-state index >= 15 is 0 Å². The molecule has 2 rings (SSSR count). The molecule has 2 aromatic rings. The van der Waals surface area contributed by atoms with Gasteiger partial charge in [0.15, 0.2) is 9.84 Å². The van der Waals surface area contributed by atoms with E-state index in [4.69, 9.17) is 9.68 Å². The molecule has 0 radical (unpaired) electrons. The van der Waals surface area contributed by atoms with Crippen LogP contribution in [0.1, 0.15) is 5.56 Å². The molecule has 7 heteroatoms. The van der Waals surface area contributed by atoms with E-state index in [-0.39, 0.29) is 10.6 Å². The maximum Gasteiger partial charge on any atom is 0.255 e. The van der Waals surface area contributed by atoms with Gasteiger partial charge in [-0.25, -0.2) is 13.4 Å². The number of thioether (sulfide) groups is 1. The molecule has 0 aliphatic carbocycles. The van der Waals surface area contributed by atoms with Crippen molar-refractivity contribution in [1.82, 2.24) is 4.98 Å². The Labute approximate surface area is 115 Å². The van der Waals surface area contributed by atoms with Crippen molar-refractivity contribution in [3.05, 3.63) is 42.3 Å². The molecule has 0 atom stereocenters. The van der Waals surface area contributed by atoms with Gasteiger partial charge in [0.2, 0.25) is 0 Å². The Balaban J connectivity index is 2.03. The summed E-state index contributed by atoms with van der Waals surface area (Å²) in [5.74, 6) is 0.314. The van der Waals surface area contributed by atoms with Crippen molar-refractivity contribution in [2.24, 2.45) is 0 Å². The molecule has 0 unspecified atom stereocenters. The number of hydrogen-bond donors (Lipinski definition) is 0. The molecule has 0 saturated carbocycles. The van der Waals surface area contributed by atoms with Crippen molar-refractivity contribution in [3.8, 4) is 6.07 Å². The minimum atomic E-state index is -3.39. The normalized spacial score (nSPS) is 11.1. The fourth-order valence-corrected chi connectivity index (χ4v) is 3.87. The fourth-order valence-electron chi connectivity index (χ4n) is 1.40. The molecule has 19 heavy (non-hydrogen) atoms. The first-order chi connectivity index (χ1) is 9.12. The van der Waals surface area contributed by atoms with Crippen LogP contribution in [0, 0.1) is 11.3 Å². The van der Waals surface area contributed by atoms with Gasteiger partial charge in [0, 0.05) is 5.75 Å². The molecular formula is C12H10N2O3S2. The molecule has 0 spiro atoms. The second-order valence-electron chi connectivity index (χ2n) is 3.60. The summed E-state index contributed by atoms with van der Waals surface area (Å²) >= 11 is 1.24. The predicted octanol–water partition coefficient (Wildman–Crippen LogP) is 2.11. The molecule has 0 bridgehead atoms. The lowest BCUT2D eigenvalue weighted by molar-refractivity contribution is 0.454. The van der Waals surface area contributed by atoms with Gasteiger partial charge in [0.1, 0.15) is 6.26 Å². The zero-order chi connectivity index (χ0) is 13.7. The summed E-state index contributed by atoms with van der Waals surface area (Å²) in [6.45, 7) is 0. The monoisotopic (exact) mass is 294 g/mol. The van der Waals surface area contributed by atoms with Gasteiger partial charge in [0.25, 0.3) is 5.22 Å². The van der Waals surface area contributed by atoms with Crippen molar-refractivity contribution in [2.45, 2.75) is 10.1 Å². The van der Waals surface area contributed by atoms with Gasteiger partial charge in [0.05, 0.1) is 28.5 Å². The van der Waals surface area contributed by atoms with E-state index in [2.05, 4.69) is 4.98 Å². The third-order valence-electron chi connectivity index (χ3n) is 2.31. The molecule has 0 amide bonds. The van der Waals surface area contributed by atoms with Crippen LogP contribution in [-0.2, 0) is 9.84 Å². The van der Waals surface area contributed by atoms with Gasteiger partial charge < -0.3 is 4.42 Å². The topological polar surface area (TPSA) is 84.0 Å². The van der Waals surface area contributed by atoms with Crippen molar-refractivity contribution < 1.29 is 12.8 Å². The minimum Gasteiger partial charge on any atom is -0.440 e. The first kappa shape index (κ1) is 13.6. The van der Waals surface area contributed by atoms with Crippen LogP contribution in [0.5, 0.6) is 0 Å². The fraction of sp³-hybridized carbons (Fsp3) is 0.167. The van der Waals surface area contributed by atoms with E-state index in [1.54, 1.807) is 12.1 Å². The van der Waals surface area contributed by atoms with Gasteiger partial charge in [-0.05, 0) is 18.2 Å². The summed E-state index contributed by atoms with van der Waals surface area (Å²) in [6, 6.07) is 7.93. The number of nitriles is 1. The number of rotatable bonds is 5. The second-order valence-corrected chi connectivity index (χ2v) is 6.76. The molecule has 1 heterocycles. The summed E-state index contributed by atoms with van der Waals surface area (Å²) in [5, 5.41) is 9.20. The Morgan fingerprint density at radius 2 is 2.26 bits per heavy atom. The summed E-state index contributed by atoms with van der Waals surface area (Å²) in [4.78, 5) is 4.06. The molecule has 0 aliphatic rings. The van der Waals surface area contributed by atoms with E-state index in [0.717, 1.165) is 0 Å². The van der Waals surface area contributed by atoms with Crippen molar-refractivity contribution >= 4 is 21.6 Å². The third kappa shape index (κ3) is 3.59. The Hall–Kier alpha value is -1.78. The average molecular weight is 294 g/mol. The van der Waals surface area contributed by atoms with Crippen LogP contribution in [0.2, 0.25) is 0 Å². The lowest BCUT2D eigenvalue weighted by Gasteiger charge is -2.03. The summed E-state index contributed by atoms with van der Waals surface area (Å²) in [5.41, 5.74) is 0.335. The maximum absolute atomic E-state index is 12.1. The van der Waals surface area contributed by atoms with Crippen molar-refractivity contribution in [2.75, 3.05) is 11.5 Å². The van der Waals surface area contributed by atoms with E-state index in [0.29, 0.717) is 16.5 Å². The van der Waals surface area contributed by atoms with Crippen LogP contribution >= 0.6 is 11.8 Å². The van der Waals surface area contributed by atoms with Crippen LogP contribution in [0.25, 0.3) is 0 Å². The number of hydrogen-bond acceptors (Lipinski definition) is 6. The molecule has 1 aromatic carbocycles. The molecule has 0 fully saturated rings. The zero-order valence-electron chi connectivity index (χ0n) is 9.81. The van der Waals surface area contributed by atoms with E-state index in [1.165, 1.54) is 36.4 Å². The highest BCUT2D eigenvalue weighted by Gasteiger charge is 2.15. The number of oxazole rings is 1. The van der Waals surface area contributed by atoms with Crippen molar-refractivity contribution in [1.29, 1.82) is 5.26 Å². The van der Waals surface area contributed by atoms with Crippen LogP contribution in [-0.4, -0.2) is 24.9 Å². The summed E-state index contributed by atoms with van der Waals surface area (Å²) in [7, 11) is -3.39. The molecule has 1 aromatic heterocycles. The van der Waals surface area contributed by atoms with Crippen LogP contribution in [0.4, 0.5) is 0 Å². The van der Waals surface area contributed by atoms with Crippen LogP contribution < -0.4 is 0 Å². The zero-order valence-corrected chi connectivity index (χ0v) is 11.4. The number of sulfone groups is 1. The second kappa shape index (κ2) is 5.91. The average Bonchev–Trinajstić information content (AvgIpc) is 2.92. The molecular weight excluding hydrogens is 284 g/mol. The Bertz CT molecular complexity index is 688. The third-order valence-corrected chi connectivity index (χ3v) is 5.14. The number of benzene rings is 1. The number of nitrogens with zero attached hydrogens (tertiary/aromatic N) is 2. The first-order valence-electron chi connectivity index (χ1n) is 5.37. The van der Waals surface area contributed by atoms with Gasteiger partial charge in [-0.2, -0.15) is 5.26 Å². The lowest BCUT2D eigenvalue weighted by atomic mass is 10.2. The van der Waals surface area contributed by atoms with Gasteiger partial charge >= 0.3 is 0 Å². The summed E-state index contributed by atoms with van der Waals surface area (Å²) < 4.78 is 29.1. The Morgan fingerprint density at radius 3 is 2.95 bits per heavy atom. The van der Waals surface area contributed by atoms with Crippen molar-refractivity contribution in [3.63, 3.8) is 0 Å². The molecule has 0 aliphatic heterocycles. The molecule has 5 nitrogen and oxygen atoms in total. The number of aromatic nitrogens is 1. The highest BCUT2D eigenvalue weighted by atomic mass is 32.2. The highest BCUT2D eigenvalue weighted by molar-refractivity contribution is 8.00. The largest absolute Gasteiger partial charge is 0.440 e. The SMILES string of the molecule is N#Cc1cccc(S(=O)(=O)CCSc2ncco2)c1. The van der Waals surface area contributed by atoms with E-state index in [1.807, 2.05) is 6.07 Å². The smallest absolute Gasteiger partial charge is 0.255 e. The standard InChI is InChI=1S/C12H10N2O3S2/c13-9-10-2-1-3-11(8-10)19(15,16)7-6-18-12-14-4-5-17-12/h1-5,8H,6-7H2. The highest BCUT2D eigenvalue weighted by Crippen LogP contribution is 2.18. The van der Waals surface area contributed by atoms with Gasteiger partial charge in [-0.1, -0.05) is 17.8 Å². The Morgan fingerprint density at radius 1 is 1.42 bits per heavy atom.